The highest BCUT2D eigenvalue weighted by Crippen LogP contribution is 2.48. The third-order valence-corrected chi connectivity index (χ3v) is 14.3. The smallest absolute Gasteiger partial charge is 0.122 e. The van der Waals surface area contributed by atoms with Crippen molar-refractivity contribution in [3.8, 4) is 23.0 Å². The van der Waals surface area contributed by atoms with Crippen LogP contribution < -0.4 is 0 Å². The van der Waals surface area contributed by atoms with Crippen molar-refractivity contribution < 1.29 is 20.4 Å². The van der Waals surface area contributed by atoms with E-state index in [2.05, 4.69) is 152 Å². The Morgan fingerprint density at radius 1 is 0.317 bits per heavy atom. The van der Waals surface area contributed by atoms with Crippen LogP contribution in [0.3, 0.4) is 0 Å². The molecule has 0 aliphatic rings. The fourth-order valence-electron chi connectivity index (χ4n) is 9.30. The van der Waals surface area contributed by atoms with Gasteiger partial charge in [0.2, 0.25) is 0 Å². The predicted octanol–water partition coefficient (Wildman–Crippen LogP) is 14.2. The van der Waals surface area contributed by atoms with Gasteiger partial charge in [-0.2, -0.15) is 0 Å². The zero-order valence-electron chi connectivity index (χ0n) is 39.1. The van der Waals surface area contributed by atoms with Gasteiger partial charge in [-0.25, -0.2) is 0 Å². The molecule has 0 saturated carbocycles. The molecule has 0 amide bonds. The Kier molecular flexibility index (Phi) is 11.7. The van der Waals surface area contributed by atoms with E-state index in [9.17, 15) is 20.4 Å². The van der Waals surface area contributed by atoms with Gasteiger partial charge in [-0.15, -0.1) is 0 Å². The van der Waals surface area contributed by atoms with Crippen LogP contribution in [0.5, 0.6) is 23.0 Å². The van der Waals surface area contributed by atoms with E-state index in [1.807, 2.05) is 58.0 Å². The van der Waals surface area contributed by atoms with Crippen LogP contribution in [-0.4, -0.2) is 20.4 Å². The lowest BCUT2D eigenvalue weighted by Crippen LogP contribution is -2.24. The van der Waals surface area contributed by atoms with E-state index in [-0.39, 0.29) is 22.3 Å². The van der Waals surface area contributed by atoms with E-state index in [0.717, 1.165) is 72.3 Å². The van der Waals surface area contributed by atoms with E-state index in [0.29, 0.717) is 11.5 Å². The lowest BCUT2D eigenvalue weighted by atomic mass is 9.71. The minimum atomic E-state index is -0.485. The van der Waals surface area contributed by atoms with E-state index in [4.69, 9.17) is 0 Å². The molecule has 0 bridgehead atoms. The zero-order chi connectivity index (χ0) is 45.8. The van der Waals surface area contributed by atoms with Crippen LogP contribution in [0.15, 0.2) is 140 Å². The first kappa shape index (κ1) is 44.8. The van der Waals surface area contributed by atoms with E-state index >= 15 is 0 Å². The summed E-state index contributed by atoms with van der Waals surface area (Å²) in [7, 11) is 0. The maximum Gasteiger partial charge on any atom is 0.122 e. The molecular weight excluding hydrogens is 773 g/mol. The van der Waals surface area contributed by atoms with Gasteiger partial charge in [0.15, 0.2) is 0 Å². The highest BCUT2D eigenvalue weighted by atomic mass is 16.3. The van der Waals surface area contributed by atoms with Gasteiger partial charge in [-0.1, -0.05) is 183 Å². The van der Waals surface area contributed by atoms with E-state index in [1.54, 1.807) is 12.1 Å². The second-order valence-corrected chi connectivity index (χ2v) is 20.0. The fourth-order valence-corrected chi connectivity index (χ4v) is 9.30. The SMILES string of the molecule is Cc1cc(C(C)(C)c2cccc(C(C)(C)c3cc(C)c(O)c(C(c4ccccc4)c4cc(C(C)(C)c5cccc(C(C)(C)c6ccc(O)c(C)c6)c5)cc(C)c4O)c3)c2)ccc1O. The molecule has 324 valence electrons. The largest absolute Gasteiger partial charge is 0.508 e. The van der Waals surface area contributed by atoms with E-state index in [1.165, 1.54) is 11.1 Å². The first-order valence-corrected chi connectivity index (χ1v) is 22.1. The number of benzene rings is 7. The highest BCUT2D eigenvalue weighted by molar-refractivity contribution is 5.61. The molecule has 0 aromatic heterocycles. The van der Waals surface area contributed by atoms with Crippen molar-refractivity contribution in [2.75, 3.05) is 0 Å². The summed E-state index contributed by atoms with van der Waals surface area (Å²) >= 11 is 0. The molecule has 0 aliphatic carbocycles. The van der Waals surface area contributed by atoms with Crippen molar-refractivity contribution in [3.05, 3.63) is 223 Å². The van der Waals surface area contributed by atoms with Gasteiger partial charge in [0.05, 0.1) is 0 Å². The average Bonchev–Trinajstić information content (AvgIpc) is 3.25. The Morgan fingerprint density at radius 2 is 0.635 bits per heavy atom. The number of phenolic OH excluding ortho intramolecular Hbond substituents is 4. The Labute approximate surface area is 375 Å². The maximum absolute atomic E-state index is 12.2. The quantitative estimate of drug-likeness (QED) is 0.0979. The summed E-state index contributed by atoms with van der Waals surface area (Å²) in [6.45, 7) is 25.6. The van der Waals surface area contributed by atoms with Crippen LogP contribution in [0.1, 0.15) is 145 Å². The molecule has 0 unspecified atom stereocenters. The average molecular weight is 837 g/mol. The molecule has 7 aromatic carbocycles. The molecule has 7 aromatic rings. The van der Waals surface area contributed by atoms with Gasteiger partial charge in [0.25, 0.3) is 0 Å². The summed E-state index contributed by atoms with van der Waals surface area (Å²) in [5.41, 5.74) is 13.1. The molecule has 4 N–H and O–H groups in total. The van der Waals surface area contributed by atoms with Gasteiger partial charge in [0, 0.05) is 38.7 Å². The van der Waals surface area contributed by atoms with Crippen molar-refractivity contribution in [3.63, 3.8) is 0 Å². The summed E-state index contributed by atoms with van der Waals surface area (Å²) in [5, 5.41) is 44.9. The molecule has 0 fully saturated rings. The Hall–Kier alpha value is -6.26. The standard InChI is InChI=1S/C59H64O4/c1-36-28-45(24-26-51(36)60)56(5,6)41-20-16-22-43(32-41)58(9,10)47-30-38(3)54(62)49(34-47)53(40-18-14-13-15-19-40)50-35-48(31-39(4)55(50)63)59(11,12)44-23-17-21-42(33-44)57(7,8)46-25-27-52(61)37(2)29-46/h13-35,53,60-63H,1-12H3. The lowest BCUT2D eigenvalue weighted by Gasteiger charge is -2.33. The van der Waals surface area contributed by atoms with Crippen LogP contribution in [0, 0.1) is 27.7 Å². The zero-order valence-corrected chi connectivity index (χ0v) is 39.1. The fraction of sp³-hybridized carbons (Fsp3) is 0.288. The third-order valence-electron chi connectivity index (χ3n) is 14.3. The van der Waals surface area contributed by atoms with Crippen LogP contribution >= 0.6 is 0 Å². The van der Waals surface area contributed by atoms with Gasteiger partial charge in [0.1, 0.15) is 23.0 Å². The topological polar surface area (TPSA) is 80.9 Å². The first-order chi connectivity index (χ1) is 29.5. The third kappa shape index (κ3) is 8.24. The van der Waals surface area contributed by atoms with E-state index < -0.39 is 16.7 Å². The summed E-state index contributed by atoms with van der Waals surface area (Å²) in [6.07, 6.45) is 0. The van der Waals surface area contributed by atoms with Crippen molar-refractivity contribution in [2.24, 2.45) is 0 Å². The molecule has 0 spiro atoms. The second-order valence-electron chi connectivity index (χ2n) is 20.0. The number of phenols is 4. The van der Waals surface area contributed by atoms with Gasteiger partial charge in [-0.3, -0.25) is 0 Å². The van der Waals surface area contributed by atoms with Crippen LogP contribution in [0.25, 0.3) is 0 Å². The van der Waals surface area contributed by atoms with Crippen LogP contribution in [0.2, 0.25) is 0 Å². The molecule has 7 rings (SSSR count). The van der Waals surface area contributed by atoms with Gasteiger partial charge >= 0.3 is 0 Å². The van der Waals surface area contributed by atoms with Crippen LogP contribution in [-0.2, 0) is 21.7 Å². The molecule has 4 heteroatoms. The number of hydrogen-bond acceptors (Lipinski definition) is 4. The first-order valence-electron chi connectivity index (χ1n) is 22.1. The normalized spacial score (nSPS) is 12.5. The van der Waals surface area contributed by atoms with Gasteiger partial charge in [-0.05, 0) is 112 Å². The minimum absolute atomic E-state index is 0.210. The predicted molar refractivity (Wildman–Crippen MR) is 260 cm³/mol. The highest BCUT2D eigenvalue weighted by Gasteiger charge is 2.34. The summed E-state index contributed by atoms with van der Waals surface area (Å²) in [6, 6.07) is 47.9. The summed E-state index contributed by atoms with van der Waals surface area (Å²) in [5.74, 6) is 0.524. The Balaban J connectivity index is 1.34. The Bertz CT molecular complexity index is 2650. The van der Waals surface area contributed by atoms with Crippen molar-refractivity contribution in [1.82, 2.24) is 0 Å². The molecule has 0 heterocycles. The number of aryl methyl sites for hydroxylation is 4. The summed E-state index contributed by atoms with van der Waals surface area (Å²) in [4.78, 5) is 0. The molecule has 63 heavy (non-hydrogen) atoms. The molecule has 0 saturated heterocycles. The number of rotatable bonds is 11. The number of hydrogen-bond donors (Lipinski definition) is 4. The van der Waals surface area contributed by atoms with Gasteiger partial charge < -0.3 is 20.4 Å². The molecule has 0 atom stereocenters. The number of aromatic hydroxyl groups is 4. The van der Waals surface area contributed by atoms with Crippen molar-refractivity contribution >= 4 is 0 Å². The maximum atomic E-state index is 12.2. The minimum Gasteiger partial charge on any atom is -0.508 e. The Morgan fingerprint density at radius 3 is 0.984 bits per heavy atom. The van der Waals surface area contributed by atoms with Crippen molar-refractivity contribution in [2.45, 2.75) is 111 Å². The molecule has 4 nitrogen and oxygen atoms in total. The summed E-state index contributed by atoms with van der Waals surface area (Å²) < 4.78 is 0. The van der Waals surface area contributed by atoms with Crippen molar-refractivity contribution in [1.29, 1.82) is 0 Å². The lowest BCUT2D eigenvalue weighted by molar-refractivity contribution is 0.452. The molecule has 0 radical (unpaired) electrons. The molecular formula is C59H64O4. The second kappa shape index (κ2) is 16.5. The molecule has 0 aliphatic heterocycles. The van der Waals surface area contributed by atoms with Crippen LogP contribution in [0.4, 0.5) is 0 Å². The monoisotopic (exact) mass is 836 g/mol.